The maximum absolute atomic E-state index is 11.8. The summed E-state index contributed by atoms with van der Waals surface area (Å²) in [6.07, 6.45) is 0.810. The molecule has 0 fully saturated rings. The number of carbonyl (C=O) groups is 1. The summed E-state index contributed by atoms with van der Waals surface area (Å²) in [5.41, 5.74) is 7.93. The molecule has 94 valence electrons. The normalized spacial score (nSPS) is 11.3. The molecule has 0 radical (unpaired) electrons. The van der Waals surface area contributed by atoms with Gasteiger partial charge in [0, 0.05) is 5.69 Å². The van der Waals surface area contributed by atoms with Crippen molar-refractivity contribution in [2.24, 2.45) is 0 Å². The number of rotatable bonds is 3. The lowest BCUT2D eigenvalue weighted by Crippen LogP contribution is -2.17. The van der Waals surface area contributed by atoms with E-state index < -0.39 is 0 Å². The van der Waals surface area contributed by atoms with E-state index in [1.807, 2.05) is 19.1 Å². The summed E-state index contributed by atoms with van der Waals surface area (Å²) in [7, 11) is 0. The molecule has 0 aliphatic carbocycles. The van der Waals surface area contributed by atoms with E-state index in [1.165, 1.54) is 0 Å². The van der Waals surface area contributed by atoms with Gasteiger partial charge in [-0.25, -0.2) is 4.79 Å². The average molecular weight is 235 g/mol. The summed E-state index contributed by atoms with van der Waals surface area (Å²) < 4.78 is 5.11. The first kappa shape index (κ1) is 13.6. The molecule has 0 spiro atoms. The summed E-state index contributed by atoms with van der Waals surface area (Å²) in [4.78, 5) is 11.8. The highest BCUT2D eigenvalue weighted by molar-refractivity contribution is 5.96. The van der Waals surface area contributed by atoms with Crippen molar-refractivity contribution < 1.29 is 9.53 Å². The summed E-state index contributed by atoms with van der Waals surface area (Å²) in [6, 6.07) is 5.51. The zero-order valence-corrected chi connectivity index (χ0v) is 11.0. The molecule has 1 aromatic rings. The lowest BCUT2D eigenvalue weighted by Gasteiger charge is -2.22. The Kier molecular flexibility index (Phi) is 4.16. The Balaban J connectivity index is 3.06. The maximum atomic E-state index is 11.8. The van der Waals surface area contributed by atoms with Crippen molar-refractivity contribution in [3.05, 3.63) is 29.3 Å². The Morgan fingerprint density at radius 1 is 1.35 bits per heavy atom. The van der Waals surface area contributed by atoms with Crippen LogP contribution in [0.3, 0.4) is 0 Å². The van der Waals surface area contributed by atoms with Gasteiger partial charge in [-0.3, -0.25) is 0 Å². The molecule has 17 heavy (non-hydrogen) atoms. The van der Waals surface area contributed by atoms with E-state index in [4.69, 9.17) is 10.5 Å². The van der Waals surface area contributed by atoms with Gasteiger partial charge in [-0.15, -0.1) is 0 Å². The molecular weight excluding hydrogens is 214 g/mol. The summed E-state index contributed by atoms with van der Waals surface area (Å²) in [5.74, 6) is -0.338. The Hall–Kier alpha value is -1.51. The van der Waals surface area contributed by atoms with E-state index in [-0.39, 0.29) is 11.4 Å². The van der Waals surface area contributed by atoms with Gasteiger partial charge < -0.3 is 10.5 Å². The van der Waals surface area contributed by atoms with Gasteiger partial charge in [0.15, 0.2) is 0 Å². The van der Waals surface area contributed by atoms with E-state index in [0.29, 0.717) is 17.9 Å². The number of hydrogen-bond acceptors (Lipinski definition) is 3. The van der Waals surface area contributed by atoms with Crippen LogP contribution in [0.15, 0.2) is 18.2 Å². The van der Waals surface area contributed by atoms with Crippen LogP contribution in [-0.4, -0.2) is 12.6 Å². The topological polar surface area (TPSA) is 52.3 Å². The number of para-hydroxylation sites is 1. The van der Waals surface area contributed by atoms with Gasteiger partial charge >= 0.3 is 5.97 Å². The van der Waals surface area contributed by atoms with Crippen molar-refractivity contribution in [2.45, 2.75) is 39.5 Å². The molecule has 3 heteroatoms. The predicted molar refractivity (Wildman–Crippen MR) is 70.1 cm³/mol. The van der Waals surface area contributed by atoms with E-state index in [1.54, 1.807) is 6.07 Å². The molecule has 0 saturated carbocycles. The number of nitrogen functional groups attached to an aromatic ring is 1. The van der Waals surface area contributed by atoms with Gasteiger partial charge in [0.25, 0.3) is 0 Å². The lowest BCUT2D eigenvalue weighted by atomic mass is 9.84. The van der Waals surface area contributed by atoms with E-state index in [0.717, 1.165) is 12.0 Å². The molecule has 0 aliphatic heterocycles. The Morgan fingerprint density at radius 2 is 2.00 bits per heavy atom. The van der Waals surface area contributed by atoms with Crippen LogP contribution < -0.4 is 5.73 Å². The fourth-order valence-electron chi connectivity index (χ4n) is 1.67. The van der Waals surface area contributed by atoms with Crippen LogP contribution in [0, 0.1) is 0 Å². The summed E-state index contributed by atoms with van der Waals surface area (Å²) >= 11 is 0. The number of esters is 1. The third kappa shape index (κ3) is 3.22. The van der Waals surface area contributed by atoms with Crippen LogP contribution in [0.2, 0.25) is 0 Å². The Labute approximate surface area is 103 Å². The van der Waals surface area contributed by atoms with Crippen LogP contribution in [0.5, 0.6) is 0 Å². The standard InChI is InChI=1S/C14H21NO2/c1-5-9-17-13(16)10-7-6-8-11(12(10)15)14(2,3)4/h6-8H,5,9,15H2,1-4H3. The smallest absolute Gasteiger partial charge is 0.340 e. The molecule has 0 saturated heterocycles. The Bertz CT molecular complexity index is 405. The zero-order valence-electron chi connectivity index (χ0n) is 11.0. The molecule has 0 bridgehead atoms. The first-order valence-electron chi connectivity index (χ1n) is 5.94. The SMILES string of the molecule is CCCOC(=O)c1cccc(C(C)(C)C)c1N. The van der Waals surface area contributed by atoms with Crippen molar-refractivity contribution in [3.8, 4) is 0 Å². The van der Waals surface area contributed by atoms with Gasteiger partial charge in [0.1, 0.15) is 0 Å². The molecule has 0 aliphatic rings. The number of benzene rings is 1. The van der Waals surface area contributed by atoms with Crippen LogP contribution in [-0.2, 0) is 10.2 Å². The molecule has 3 nitrogen and oxygen atoms in total. The average Bonchev–Trinajstić information content (AvgIpc) is 2.24. The second kappa shape index (κ2) is 5.21. The van der Waals surface area contributed by atoms with Crippen molar-refractivity contribution in [1.82, 2.24) is 0 Å². The van der Waals surface area contributed by atoms with E-state index in [9.17, 15) is 4.79 Å². The largest absolute Gasteiger partial charge is 0.462 e. The third-order valence-electron chi connectivity index (χ3n) is 2.57. The van der Waals surface area contributed by atoms with Gasteiger partial charge in [-0.1, -0.05) is 39.8 Å². The van der Waals surface area contributed by atoms with Gasteiger partial charge in [-0.05, 0) is 23.5 Å². The fourth-order valence-corrected chi connectivity index (χ4v) is 1.67. The Morgan fingerprint density at radius 3 is 2.53 bits per heavy atom. The first-order valence-corrected chi connectivity index (χ1v) is 5.94. The minimum absolute atomic E-state index is 0.0782. The minimum atomic E-state index is -0.338. The fraction of sp³-hybridized carbons (Fsp3) is 0.500. The van der Waals surface area contributed by atoms with Gasteiger partial charge in [0.2, 0.25) is 0 Å². The minimum Gasteiger partial charge on any atom is -0.462 e. The van der Waals surface area contributed by atoms with E-state index in [2.05, 4.69) is 20.8 Å². The quantitative estimate of drug-likeness (QED) is 0.647. The third-order valence-corrected chi connectivity index (χ3v) is 2.57. The molecular formula is C14H21NO2. The molecule has 1 rings (SSSR count). The molecule has 0 aromatic heterocycles. The highest BCUT2D eigenvalue weighted by atomic mass is 16.5. The van der Waals surface area contributed by atoms with Crippen LogP contribution >= 0.6 is 0 Å². The highest BCUT2D eigenvalue weighted by Crippen LogP contribution is 2.30. The second-order valence-electron chi connectivity index (χ2n) is 5.15. The van der Waals surface area contributed by atoms with Crippen LogP contribution in [0.25, 0.3) is 0 Å². The van der Waals surface area contributed by atoms with Crippen molar-refractivity contribution in [2.75, 3.05) is 12.3 Å². The highest BCUT2D eigenvalue weighted by Gasteiger charge is 2.21. The van der Waals surface area contributed by atoms with Crippen molar-refractivity contribution in [1.29, 1.82) is 0 Å². The number of ether oxygens (including phenoxy) is 1. The van der Waals surface area contributed by atoms with Crippen LogP contribution in [0.4, 0.5) is 5.69 Å². The van der Waals surface area contributed by atoms with Gasteiger partial charge in [-0.2, -0.15) is 0 Å². The number of hydrogen-bond donors (Lipinski definition) is 1. The molecule has 0 unspecified atom stereocenters. The molecule has 0 atom stereocenters. The second-order valence-corrected chi connectivity index (χ2v) is 5.15. The zero-order chi connectivity index (χ0) is 13.1. The lowest BCUT2D eigenvalue weighted by molar-refractivity contribution is 0.0506. The first-order chi connectivity index (χ1) is 7.88. The molecule has 0 heterocycles. The number of nitrogens with two attached hydrogens (primary N) is 1. The van der Waals surface area contributed by atoms with Crippen molar-refractivity contribution in [3.63, 3.8) is 0 Å². The van der Waals surface area contributed by atoms with Crippen LogP contribution in [0.1, 0.15) is 50.0 Å². The van der Waals surface area contributed by atoms with Crippen molar-refractivity contribution >= 4 is 11.7 Å². The predicted octanol–water partition coefficient (Wildman–Crippen LogP) is 3.13. The maximum Gasteiger partial charge on any atom is 0.340 e. The number of carbonyl (C=O) groups excluding carboxylic acids is 1. The molecule has 2 N–H and O–H groups in total. The van der Waals surface area contributed by atoms with Gasteiger partial charge in [0.05, 0.1) is 12.2 Å². The van der Waals surface area contributed by atoms with E-state index >= 15 is 0 Å². The number of anilines is 1. The summed E-state index contributed by atoms with van der Waals surface area (Å²) in [6.45, 7) is 8.60. The molecule has 1 aromatic carbocycles. The summed E-state index contributed by atoms with van der Waals surface area (Å²) in [5, 5.41) is 0. The monoisotopic (exact) mass is 235 g/mol. The molecule has 0 amide bonds.